The third-order valence-corrected chi connectivity index (χ3v) is 2.77. The van der Waals surface area contributed by atoms with Gasteiger partial charge in [0, 0.05) is 25.2 Å². The molecule has 1 aliphatic heterocycles. The number of aromatic nitrogens is 1. The minimum atomic E-state index is -0.0176. The molecule has 2 N–H and O–H groups in total. The van der Waals surface area contributed by atoms with Crippen LogP contribution in [0.15, 0.2) is 6.07 Å². The molecule has 1 aromatic heterocycles. The summed E-state index contributed by atoms with van der Waals surface area (Å²) in [4.78, 5) is 17.8. The highest BCUT2D eigenvalue weighted by Crippen LogP contribution is 2.21. The van der Waals surface area contributed by atoms with Crippen LogP contribution in [0.2, 0.25) is 0 Å². The monoisotopic (exact) mass is 205 g/mol. The minimum absolute atomic E-state index is 0.0176. The molecule has 0 fully saturated rings. The van der Waals surface area contributed by atoms with E-state index in [0.717, 1.165) is 30.8 Å². The molecular weight excluding hydrogens is 190 g/mol. The lowest BCUT2D eigenvalue weighted by molar-refractivity contribution is 0.101. The number of nitrogen functional groups attached to an aromatic ring is 1. The lowest BCUT2D eigenvalue weighted by Crippen LogP contribution is -2.28. The van der Waals surface area contributed by atoms with Crippen molar-refractivity contribution in [1.29, 1.82) is 0 Å². The van der Waals surface area contributed by atoms with Gasteiger partial charge in [0.05, 0.1) is 5.56 Å². The number of hydrogen-bond acceptors (Lipinski definition) is 4. The van der Waals surface area contributed by atoms with Crippen LogP contribution in [-0.4, -0.2) is 29.3 Å². The number of carbonyl (C=O) groups is 1. The Kier molecular flexibility index (Phi) is 2.44. The van der Waals surface area contributed by atoms with E-state index < -0.39 is 0 Å². The van der Waals surface area contributed by atoms with Gasteiger partial charge in [-0.05, 0) is 25.6 Å². The van der Waals surface area contributed by atoms with Gasteiger partial charge in [0.2, 0.25) is 0 Å². The molecule has 2 heterocycles. The van der Waals surface area contributed by atoms with Crippen molar-refractivity contribution in [3.05, 3.63) is 22.9 Å². The van der Waals surface area contributed by atoms with Crippen LogP contribution >= 0.6 is 0 Å². The predicted molar refractivity (Wildman–Crippen MR) is 58.7 cm³/mol. The predicted octanol–water partition coefficient (Wildman–Crippen LogP) is 0.854. The highest BCUT2D eigenvalue weighted by molar-refractivity contribution is 5.98. The fraction of sp³-hybridized carbons (Fsp3) is 0.455. The number of likely N-dealkylation sites (N-methyl/N-ethyl adjacent to an activating group) is 1. The van der Waals surface area contributed by atoms with E-state index in [2.05, 4.69) is 16.9 Å². The largest absolute Gasteiger partial charge is 0.383 e. The van der Waals surface area contributed by atoms with Gasteiger partial charge in [0.1, 0.15) is 5.82 Å². The minimum Gasteiger partial charge on any atom is -0.383 e. The third-order valence-electron chi connectivity index (χ3n) is 2.77. The zero-order valence-electron chi connectivity index (χ0n) is 9.08. The molecule has 15 heavy (non-hydrogen) atoms. The lowest BCUT2D eigenvalue weighted by Gasteiger charge is -2.24. The number of pyridine rings is 1. The molecule has 0 bridgehead atoms. The van der Waals surface area contributed by atoms with E-state index in [1.54, 1.807) is 0 Å². The quantitative estimate of drug-likeness (QED) is 0.691. The highest BCUT2D eigenvalue weighted by atomic mass is 16.1. The first-order chi connectivity index (χ1) is 7.08. The second-order valence-electron chi connectivity index (χ2n) is 4.07. The maximum absolute atomic E-state index is 11.3. The Morgan fingerprint density at radius 3 is 3.00 bits per heavy atom. The van der Waals surface area contributed by atoms with E-state index in [0.29, 0.717) is 11.4 Å². The summed E-state index contributed by atoms with van der Waals surface area (Å²) in [6, 6.07) is 1.88. The first-order valence-electron chi connectivity index (χ1n) is 5.05. The zero-order valence-corrected chi connectivity index (χ0v) is 9.08. The van der Waals surface area contributed by atoms with Crippen molar-refractivity contribution in [3.8, 4) is 0 Å². The number of carbonyl (C=O) groups excluding carboxylic acids is 1. The number of nitrogens with two attached hydrogens (primary N) is 1. The van der Waals surface area contributed by atoms with Gasteiger partial charge in [0.15, 0.2) is 5.78 Å². The number of rotatable bonds is 1. The Morgan fingerprint density at radius 2 is 2.33 bits per heavy atom. The molecule has 0 aliphatic carbocycles. The van der Waals surface area contributed by atoms with E-state index in [4.69, 9.17) is 5.73 Å². The van der Waals surface area contributed by atoms with Gasteiger partial charge in [-0.25, -0.2) is 4.98 Å². The van der Waals surface area contributed by atoms with Gasteiger partial charge >= 0.3 is 0 Å². The average Bonchev–Trinajstić information content (AvgIpc) is 2.17. The van der Waals surface area contributed by atoms with E-state index in [9.17, 15) is 4.79 Å². The van der Waals surface area contributed by atoms with Crippen LogP contribution in [-0.2, 0) is 13.0 Å². The van der Waals surface area contributed by atoms with Crippen molar-refractivity contribution in [2.75, 3.05) is 19.3 Å². The summed E-state index contributed by atoms with van der Waals surface area (Å²) in [5.74, 6) is 0.349. The molecular formula is C11H15N3O. The molecule has 2 rings (SSSR count). The molecule has 0 saturated carbocycles. The summed E-state index contributed by atoms with van der Waals surface area (Å²) in [6.45, 7) is 3.37. The van der Waals surface area contributed by atoms with Crippen molar-refractivity contribution in [3.63, 3.8) is 0 Å². The van der Waals surface area contributed by atoms with Crippen LogP contribution in [0.25, 0.3) is 0 Å². The first kappa shape index (κ1) is 10.1. The molecule has 0 unspecified atom stereocenters. The molecule has 0 atom stereocenters. The molecule has 0 radical (unpaired) electrons. The second-order valence-corrected chi connectivity index (χ2v) is 4.07. The number of fused-ring (bicyclic) bond motifs is 1. The van der Waals surface area contributed by atoms with Crippen LogP contribution in [0, 0.1) is 0 Å². The summed E-state index contributed by atoms with van der Waals surface area (Å²) in [5.41, 5.74) is 8.45. The Hall–Kier alpha value is -1.42. The number of hydrogen-bond donors (Lipinski definition) is 1. The summed E-state index contributed by atoms with van der Waals surface area (Å²) < 4.78 is 0. The van der Waals surface area contributed by atoms with Crippen LogP contribution in [0.3, 0.4) is 0 Å². The molecule has 0 spiro atoms. The van der Waals surface area contributed by atoms with Crippen molar-refractivity contribution < 1.29 is 4.79 Å². The second kappa shape index (κ2) is 3.62. The van der Waals surface area contributed by atoms with Crippen molar-refractivity contribution in [1.82, 2.24) is 9.88 Å². The van der Waals surface area contributed by atoms with Crippen LogP contribution in [0.5, 0.6) is 0 Å². The van der Waals surface area contributed by atoms with Crippen molar-refractivity contribution >= 4 is 11.6 Å². The van der Waals surface area contributed by atoms with Gasteiger partial charge in [-0.15, -0.1) is 0 Å². The Balaban J connectivity index is 2.47. The van der Waals surface area contributed by atoms with E-state index >= 15 is 0 Å². The molecule has 4 heteroatoms. The molecule has 80 valence electrons. The average molecular weight is 205 g/mol. The third kappa shape index (κ3) is 1.85. The standard InChI is InChI=1S/C11H15N3O/c1-7(15)9-5-8-6-14(2)4-3-10(8)13-11(9)12/h5H,3-4,6H2,1-2H3,(H2,12,13). The summed E-state index contributed by atoms with van der Waals surface area (Å²) in [7, 11) is 2.06. The molecule has 0 saturated heterocycles. The van der Waals surface area contributed by atoms with Crippen LogP contribution in [0.1, 0.15) is 28.5 Å². The Bertz CT molecular complexity index is 415. The van der Waals surface area contributed by atoms with Gasteiger partial charge in [0.25, 0.3) is 0 Å². The van der Waals surface area contributed by atoms with Crippen LogP contribution in [0.4, 0.5) is 5.82 Å². The van der Waals surface area contributed by atoms with Crippen LogP contribution < -0.4 is 5.73 Å². The smallest absolute Gasteiger partial charge is 0.163 e. The number of Topliss-reactive ketones (excluding diaryl/α,β-unsaturated/α-hetero) is 1. The SMILES string of the molecule is CC(=O)c1cc2c(nc1N)CCN(C)C2. The van der Waals surface area contributed by atoms with Gasteiger partial charge in [-0.1, -0.05) is 0 Å². The number of ketones is 1. The maximum atomic E-state index is 11.3. The molecule has 4 nitrogen and oxygen atoms in total. The maximum Gasteiger partial charge on any atom is 0.163 e. The fourth-order valence-electron chi connectivity index (χ4n) is 1.91. The fourth-order valence-corrected chi connectivity index (χ4v) is 1.91. The Morgan fingerprint density at radius 1 is 1.60 bits per heavy atom. The van der Waals surface area contributed by atoms with Gasteiger partial charge in [-0.2, -0.15) is 0 Å². The van der Waals surface area contributed by atoms with Crippen molar-refractivity contribution in [2.45, 2.75) is 19.9 Å². The van der Waals surface area contributed by atoms with Gasteiger partial charge in [-0.3, -0.25) is 4.79 Å². The zero-order chi connectivity index (χ0) is 11.0. The normalized spacial score (nSPS) is 16.1. The Labute approximate surface area is 89.1 Å². The topological polar surface area (TPSA) is 59.2 Å². The summed E-state index contributed by atoms with van der Waals surface area (Å²) >= 11 is 0. The number of nitrogens with zero attached hydrogens (tertiary/aromatic N) is 2. The summed E-state index contributed by atoms with van der Waals surface area (Å²) in [5, 5.41) is 0. The highest BCUT2D eigenvalue weighted by Gasteiger charge is 2.17. The molecule has 1 aliphatic rings. The lowest BCUT2D eigenvalue weighted by atomic mass is 10.0. The van der Waals surface area contributed by atoms with Crippen molar-refractivity contribution in [2.24, 2.45) is 0 Å². The van der Waals surface area contributed by atoms with E-state index in [-0.39, 0.29) is 5.78 Å². The summed E-state index contributed by atoms with van der Waals surface area (Å²) in [6.07, 6.45) is 0.911. The molecule has 1 aromatic rings. The van der Waals surface area contributed by atoms with E-state index in [1.165, 1.54) is 6.92 Å². The first-order valence-corrected chi connectivity index (χ1v) is 5.05. The molecule has 0 aromatic carbocycles. The number of anilines is 1. The van der Waals surface area contributed by atoms with E-state index in [1.807, 2.05) is 6.07 Å². The molecule has 0 amide bonds. The van der Waals surface area contributed by atoms with Gasteiger partial charge < -0.3 is 10.6 Å².